The minimum absolute atomic E-state index is 0.0303. The fraction of sp³-hybridized carbons (Fsp3) is 0.455. The van der Waals surface area contributed by atoms with Crippen LogP contribution in [0, 0.1) is 5.82 Å². The average molecular weight is 352 g/mol. The van der Waals surface area contributed by atoms with Gasteiger partial charge in [-0.3, -0.25) is 4.90 Å². The zero-order chi connectivity index (χ0) is 17.5. The van der Waals surface area contributed by atoms with Crippen molar-refractivity contribution >= 4 is 0 Å². The van der Waals surface area contributed by atoms with Crippen molar-refractivity contribution in [2.75, 3.05) is 32.7 Å². The molecule has 4 heteroatoms. The van der Waals surface area contributed by atoms with Crippen LogP contribution in [0.2, 0.25) is 0 Å². The van der Waals surface area contributed by atoms with Gasteiger partial charge in [0.15, 0.2) is 0 Å². The van der Waals surface area contributed by atoms with Crippen LogP contribution in [-0.4, -0.2) is 43.7 Å². The molecule has 5 rings (SSSR count). The van der Waals surface area contributed by atoms with Crippen molar-refractivity contribution in [3.8, 4) is 0 Å². The second kappa shape index (κ2) is 6.76. The molecular weight excluding hydrogens is 327 g/mol. The molecule has 0 bridgehead atoms. The number of nitrogens with zero attached hydrogens (tertiary/aromatic N) is 1. The molecule has 2 fully saturated rings. The van der Waals surface area contributed by atoms with Crippen LogP contribution in [0.1, 0.15) is 40.7 Å². The highest BCUT2D eigenvalue weighted by Crippen LogP contribution is 2.49. The van der Waals surface area contributed by atoms with E-state index in [1.54, 1.807) is 12.1 Å². The van der Waals surface area contributed by atoms with E-state index in [9.17, 15) is 4.39 Å². The highest BCUT2D eigenvalue weighted by Gasteiger charge is 2.41. The minimum Gasteiger partial charge on any atom is -0.368 e. The van der Waals surface area contributed by atoms with Gasteiger partial charge in [-0.15, -0.1) is 0 Å². The lowest BCUT2D eigenvalue weighted by Gasteiger charge is -2.29. The molecule has 0 aromatic heterocycles. The van der Waals surface area contributed by atoms with E-state index < -0.39 is 0 Å². The summed E-state index contributed by atoms with van der Waals surface area (Å²) in [6.07, 6.45) is 2.06. The third-order valence-electron chi connectivity index (χ3n) is 6.14. The number of fused-ring (bicyclic) bond motifs is 5. The molecule has 2 aliphatic heterocycles. The van der Waals surface area contributed by atoms with Crippen molar-refractivity contribution < 1.29 is 9.13 Å². The number of rotatable bonds is 2. The van der Waals surface area contributed by atoms with E-state index in [0.717, 1.165) is 51.1 Å². The van der Waals surface area contributed by atoms with Gasteiger partial charge in [-0.2, -0.15) is 0 Å². The summed E-state index contributed by atoms with van der Waals surface area (Å²) in [5.41, 5.74) is 5.00. The molecule has 2 heterocycles. The first-order chi connectivity index (χ1) is 12.8. The van der Waals surface area contributed by atoms with Crippen molar-refractivity contribution in [3.63, 3.8) is 0 Å². The second-order valence-corrected chi connectivity index (χ2v) is 7.79. The van der Waals surface area contributed by atoms with Crippen LogP contribution in [0.4, 0.5) is 4.39 Å². The Morgan fingerprint density at radius 1 is 1.04 bits per heavy atom. The topological polar surface area (TPSA) is 24.5 Å². The summed E-state index contributed by atoms with van der Waals surface area (Å²) in [6, 6.07) is 13.9. The van der Waals surface area contributed by atoms with E-state index in [4.69, 9.17) is 4.74 Å². The molecule has 0 saturated carbocycles. The molecule has 0 spiro atoms. The smallest absolute Gasteiger partial charge is 0.123 e. The lowest BCUT2D eigenvalue weighted by atomic mass is 9.87. The van der Waals surface area contributed by atoms with Crippen LogP contribution in [0.3, 0.4) is 0 Å². The summed E-state index contributed by atoms with van der Waals surface area (Å²) in [5.74, 6) is 0.157. The quantitative estimate of drug-likeness (QED) is 0.898. The van der Waals surface area contributed by atoms with Gasteiger partial charge in [0.05, 0.1) is 12.2 Å². The normalized spacial score (nSPS) is 28.1. The molecule has 0 unspecified atom stereocenters. The van der Waals surface area contributed by atoms with E-state index >= 15 is 0 Å². The highest BCUT2D eigenvalue weighted by atomic mass is 19.1. The Morgan fingerprint density at radius 3 is 2.73 bits per heavy atom. The summed E-state index contributed by atoms with van der Waals surface area (Å²) in [5, 5.41) is 3.41. The van der Waals surface area contributed by atoms with E-state index in [1.165, 1.54) is 16.7 Å². The lowest BCUT2D eigenvalue weighted by molar-refractivity contribution is 0.0171. The molecular formula is C22H25FN2O. The van der Waals surface area contributed by atoms with Crippen LogP contribution >= 0.6 is 0 Å². The van der Waals surface area contributed by atoms with Gasteiger partial charge in [-0.25, -0.2) is 4.39 Å². The minimum atomic E-state index is -0.164. The van der Waals surface area contributed by atoms with Gasteiger partial charge >= 0.3 is 0 Å². The van der Waals surface area contributed by atoms with Crippen molar-refractivity contribution in [2.24, 2.45) is 0 Å². The molecule has 0 amide bonds. The van der Waals surface area contributed by atoms with Gasteiger partial charge in [0.1, 0.15) is 5.82 Å². The summed E-state index contributed by atoms with van der Waals surface area (Å²) in [7, 11) is 0. The second-order valence-electron chi connectivity index (χ2n) is 7.79. The monoisotopic (exact) mass is 352 g/mol. The summed E-state index contributed by atoms with van der Waals surface area (Å²) in [4.78, 5) is 2.49. The largest absolute Gasteiger partial charge is 0.368 e. The van der Waals surface area contributed by atoms with E-state index in [1.807, 2.05) is 6.07 Å². The maximum atomic E-state index is 14.0. The Kier molecular flexibility index (Phi) is 4.27. The van der Waals surface area contributed by atoms with Gasteiger partial charge in [0, 0.05) is 38.6 Å². The maximum absolute atomic E-state index is 14.0. The van der Waals surface area contributed by atoms with Gasteiger partial charge in [-0.05, 0) is 47.2 Å². The molecule has 3 nitrogen and oxygen atoms in total. The van der Waals surface area contributed by atoms with Gasteiger partial charge in [-0.1, -0.05) is 30.3 Å². The predicted octanol–water partition coefficient (Wildman–Crippen LogP) is 3.25. The van der Waals surface area contributed by atoms with Gasteiger partial charge in [0.2, 0.25) is 0 Å². The van der Waals surface area contributed by atoms with Crippen LogP contribution in [0.25, 0.3) is 0 Å². The zero-order valence-corrected chi connectivity index (χ0v) is 15.0. The van der Waals surface area contributed by atoms with Crippen molar-refractivity contribution in [3.05, 3.63) is 70.5 Å². The third kappa shape index (κ3) is 2.96. The molecule has 0 radical (unpaired) electrons. The number of ether oxygens (including phenoxy) is 1. The van der Waals surface area contributed by atoms with Crippen molar-refractivity contribution in [1.29, 1.82) is 0 Å². The Labute approximate surface area is 154 Å². The maximum Gasteiger partial charge on any atom is 0.123 e. The lowest BCUT2D eigenvalue weighted by Crippen LogP contribution is -2.46. The average Bonchev–Trinajstić information content (AvgIpc) is 3.03. The predicted molar refractivity (Wildman–Crippen MR) is 99.9 cm³/mol. The number of halogens is 1. The van der Waals surface area contributed by atoms with Gasteiger partial charge in [0.25, 0.3) is 0 Å². The zero-order valence-electron chi connectivity index (χ0n) is 15.0. The molecule has 136 valence electrons. The van der Waals surface area contributed by atoms with E-state index in [-0.39, 0.29) is 18.0 Å². The molecule has 1 N–H and O–H groups in total. The standard InChI is InChI=1S/C22H25FN2O/c23-17-6-5-16-11-15-3-1-2-4-19(15)21-13-18(26-22(21)20(16)12-17)14-25-9-7-24-8-10-25/h1-6,12,18,21-22,24H,7-11,13-14H2/t18-,21-,22+/m1/s1. The fourth-order valence-corrected chi connectivity index (χ4v) is 4.90. The first-order valence-electron chi connectivity index (χ1n) is 9.72. The molecule has 2 aromatic carbocycles. The summed E-state index contributed by atoms with van der Waals surface area (Å²) < 4.78 is 20.6. The van der Waals surface area contributed by atoms with Crippen molar-refractivity contribution in [2.45, 2.75) is 31.0 Å². The first kappa shape index (κ1) is 16.4. The fourth-order valence-electron chi connectivity index (χ4n) is 4.90. The Balaban J connectivity index is 1.48. The molecule has 3 aliphatic rings. The highest BCUT2D eigenvalue weighted by molar-refractivity contribution is 5.45. The SMILES string of the molecule is Fc1ccc2c(c1)[C@@H]1O[C@@H](CN3CCNCC3)C[C@@H]1c1ccccc1C2. The van der Waals surface area contributed by atoms with Crippen molar-refractivity contribution in [1.82, 2.24) is 10.2 Å². The van der Waals surface area contributed by atoms with Crippen LogP contribution in [0.5, 0.6) is 0 Å². The van der Waals surface area contributed by atoms with Crippen LogP contribution < -0.4 is 5.32 Å². The molecule has 2 saturated heterocycles. The van der Waals surface area contributed by atoms with Gasteiger partial charge < -0.3 is 10.1 Å². The van der Waals surface area contributed by atoms with E-state index in [0.29, 0.717) is 5.92 Å². The number of hydrogen-bond acceptors (Lipinski definition) is 3. The summed E-state index contributed by atoms with van der Waals surface area (Å²) in [6.45, 7) is 5.24. The van der Waals surface area contributed by atoms with Crippen LogP contribution in [-0.2, 0) is 11.2 Å². The Morgan fingerprint density at radius 2 is 1.85 bits per heavy atom. The first-order valence-corrected chi connectivity index (χ1v) is 9.72. The number of nitrogens with one attached hydrogen (secondary N) is 1. The molecule has 1 aliphatic carbocycles. The van der Waals surface area contributed by atoms with Crippen LogP contribution in [0.15, 0.2) is 42.5 Å². The molecule has 2 aromatic rings. The Hall–Kier alpha value is -1.75. The number of hydrogen-bond donors (Lipinski definition) is 1. The van der Waals surface area contributed by atoms with E-state index in [2.05, 4.69) is 34.5 Å². The third-order valence-corrected chi connectivity index (χ3v) is 6.14. The Bertz CT molecular complexity index is 802. The summed E-state index contributed by atoms with van der Waals surface area (Å²) >= 11 is 0. The number of piperazine rings is 1. The molecule has 26 heavy (non-hydrogen) atoms. The molecule has 3 atom stereocenters. The number of benzene rings is 2.